The van der Waals surface area contributed by atoms with Crippen molar-refractivity contribution in [2.24, 2.45) is 0 Å². The monoisotopic (exact) mass is 348 g/mol. The minimum Gasteiger partial charge on any atom is -0.609 e. The normalized spacial score (nSPS) is 16.5. The predicted molar refractivity (Wildman–Crippen MR) is 91.7 cm³/mol. The Balaban J connectivity index is 2.31. The summed E-state index contributed by atoms with van der Waals surface area (Å²) in [7, 11) is 3.23. The van der Waals surface area contributed by atoms with Crippen molar-refractivity contribution in [2.75, 3.05) is 20.4 Å². The van der Waals surface area contributed by atoms with Crippen molar-refractivity contribution in [2.45, 2.75) is 36.9 Å². The van der Waals surface area contributed by atoms with E-state index in [1.54, 1.807) is 18.7 Å². The summed E-state index contributed by atoms with van der Waals surface area (Å²) in [6.07, 6.45) is 6.88. The average Bonchev–Trinajstić information content (AvgIpc) is 3.06. The number of nitrogens with zero attached hydrogens (tertiary/aromatic N) is 4. The summed E-state index contributed by atoms with van der Waals surface area (Å²) >= 11 is -1.34. The molecule has 1 saturated carbocycles. The molecule has 1 unspecified atom stereocenters. The lowest BCUT2D eigenvalue weighted by atomic mass is 10.1. The molecule has 24 heavy (non-hydrogen) atoms. The highest BCUT2D eigenvalue weighted by molar-refractivity contribution is 7.90. The summed E-state index contributed by atoms with van der Waals surface area (Å²) in [6, 6.07) is 1.55. The summed E-state index contributed by atoms with van der Waals surface area (Å²) < 4.78 is 13.3. The Hall–Kier alpha value is -1.93. The number of amides is 1. The Morgan fingerprint density at radius 2 is 2.04 bits per heavy atom. The molecule has 1 atom stereocenters. The van der Waals surface area contributed by atoms with Gasteiger partial charge in [0, 0.05) is 42.9 Å². The maximum atomic E-state index is 13.0. The van der Waals surface area contributed by atoms with Crippen LogP contribution >= 0.6 is 0 Å². The van der Waals surface area contributed by atoms with E-state index >= 15 is 0 Å². The summed E-state index contributed by atoms with van der Waals surface area (Å²) in [5.74, 6) is -0.336. The van der Waals surface area contributed by atoms with Crippen LogP contribution in [0.5, 0.6) is 0 Å². The fourth-order valence-corrected chi connectivity index (χ4v) is 3.55. The molecule has 1 aliphatic rings. The van der Waals surface area contributed by atoms with Crippen LogP contribution in [0, 0.1) is 0 Å². The van der Waals surface area contributed by atoms with Gasteiger partial charge in [-0.15, -0.1) is 0 Å². The maximum absolute atomic E-state index is 13.0. The van der Waals surface area contributed by atoms with Crippen molar-refractivity contribution < 1.29 is 9.35 Å². The van der Waals surface area contributed by atoms with Gasteiger partial charge < -0.3 is 9.45 Å². The molecule has 8 heteroatoms. The lowest BCUT2D eigenvalue weighted by molar-refractivity contribution is 0.0825. The third-order valence-electron chi connectivity index (χ3n) is 4.33. The molecular weight excluding hydrogens is 328 g/mol. The Morgan fingerprint density at radius 1 is 1.38 bits per heavy atom. The second-order valence-corrected chi connectivity index (χ2v) is 7.53. The number of hydrogen-bond donors (Lipinski definition) is 0. The molecule has 2 heterocycles. The molecule has 0 spiro atoms. The van der Waals surface area contributed by atoms with Gasteiger partial charge in [0.05, 0.1) is 0 Å². The number of rotatable bonds is 3. The largest absolute Gasteiger partial charge is 0.609 e. The molecule has 1 aliphatic carbocycles. The van der Waals surface area contributed by atoms with E-state index in [0.29, 0.717) is 11.0 Å². The van der Waals surface area contributed by atoms with Crippen molar-refractivity contribution >= 4 is 28.1 Å². The summed E-state index contributed by atoms with van der Waals surface area (Å²) in [5.41, 5.74) is 0.246. The smallest absolute Gasteiger partial charge is 0.344 e. The molecule has 0 bridgehead atoms. The highest BCUT2D eigenvalue weighted by atomic mass is 32.2. The fourth-order valence-electron chi connectivity index (χ4n) is 3.14. The summed E-state index contributed by atoms with van der Waals surface area (Å²) in [5, 5.41) is 0.807. The lowest BCUT2D eigenvalue weighted by Crippen LogP contribution is -2.34. The Morgan fingerprint density at radius 3 is 2.62 bits per heavy atom. The third kappa shape index (κ3) is 2.91. The zero-order chi connectivity index (χ0) is 17.4. The summed E-state index contributed by atoms with van der Waals surface area (Å²) in [6.45, 7) is 0. The van der Waals surface area contributed by atoms with Gasteiger partial charge in [0.25, 0.3) is 11.5 Å². The third-order valence-corrected chi connectivity index (χ3v) is 5.05. The zero-order valence-corrected chi connectivity index (χ0v) is 14.8. The van der Waals surface area contributed by atoms with E-state index in [0.717, 1.165) is 25.7 Å². The van der Waals surface area contributed by atoms with Crippen molar-refractivity contribution in [1.82, 2.24) is 19.4 Å². The van der Waals surface area contributed by atoms with Gasteiger partial charge in [-0.25, -0.2) is 0 Å². The SMILES string of the molecule is CN(C)C(=O)c1cc2cnc([S+](C)[O-])nc2n(C2CCCC2)c1=O. The first kappa shape index (κ1) is 16.9. The molecule has 2 aromatic heterocycles. The van der Waals surface area contributed by atoms with Gasteiger partial charge in [0.15, 0.2) is 5.65 Å². The quantitative estimate of drug-likeness (QED) is 0.617. The van der Waals surface area contributed by atoms with Crippen LogP contribution in [0.15, 0.2) is 22.2 Å². The van der Waals surface area contributed by atoms with Gasteiger partial charge in [-0.05, 0) is 18.9 Å². The molecule has 0 radical (unpaired) electrons. The molecule has 0 aromatic carbocycles. The molecule has 0 saturated heterocycles. The second-order valence-electron chi connectivity index (χ2n) is 6.26. The van der Waals surface area contributed by atoms with Gasteiger partial charge in [0.1, 0.15) is 11.8 Å². The minimum atomic E-state index is -1.34. The molecule has 1 fully saturated rings. The average molecular weight is 348 g/mol. The standard InChI is InChI=1S/C16H20N4O3S/c1-19(2)14(21)12-8-10-9-17-16(24(3)23)18-13(10)20(15(12)22)11-6-4-5-7-11/h8-9,11H,4-7H2,1-3H3. The van der Waals surface area contributed by atoms with Crippen LogP contribution in [-0.4, -0.2) is 50.2 Å². The summed E-state index contributed by atoms with van der Waals surface area (Å²) in [4.78, 5) is 35.2. The van der Waals surface area contributed by atoms with E-state index in [2.05, 4.69) is 9.97 Å². The van der Waals surface area contributed by atoms with Gasteiger partial charge in [-0.1, -0.05) is 12.8 Å². The van der Waals surface area contributed by atoms with Crippen LogP contribution in [0.4, 0.5) is 0 Å². The number of aromatic nitrogens is 3. The second kappa shape index (κ2) is 6.52. The van der Waals surface area contributed by atoms with E-state index < -0.39 is 11.2 Å². The van der Waals surface area contributed by atoms with Gasteiger partial charge in [0.2, 0.25) is 0 Å². The van der Waals surface area contributed by atoms with Crippen LogP contribution in [-0.2, 0) is 11.2 Å². The van der Waals surface area contributed by atoms with E-state index in [1.807, 2.05) is 0 Å². The van der Waals surface area contributed by atoms with E-state index in [1.165, 1.54) is 23.4 Å². The van der Waals surface area contributed by atoms with Crippen LogP contribution < -0.4 is 5.56 Å². The van der Waals surface area contributed by atoms with Crippen molar-refractivity contribution in [3.05, 3.63) is 28.2 Å². The Labute approximate surface area is 142 Å². The van der Waals surface area contributed by atoms with Crippen LogP contribution in [0.25, 0.3) is 11.0 Å². The first-order valence-corrected chi connectivity index (χ1v) is 9.43. The van der Waals surface area contributed by atoms with Crippen LogP contribution in [0.3, 0.4) is 0 Å². The number of fused-ring (bicyclic) bond motifs is 1. The predicted octanol–water partition coefficient (Wildman–Crippen LogP) is 1.35. The van der Waals surface area contributed by atoms with Crippen LogP contribution in [0.1, 0.15) is 42.1 Å². The molecule has 7 nitrogen and oxygen atoms in total. The number of pyridine rings is 1. The highest BCUT2D eigenvalue weighted by Gasteiger charge is 2.26. The minimum absolute atomic E-state index is 0.0166. The molecule has 2 aromatic rings. The van der Waals surface area contributed by atoms with Gasteiger partial charge in [-0.2, -0.15) is 9.97 Å². The first-order valence-electron chi connectivity index (χ1n) is 7.87. The van der Waals surface area contributed by atoms with E-state index in [-0.39, 0.29) is 28.2 Å². The Kier molecular flexibility index (Phi) is 4.60. The van der Waals surface area contributed by atoms with E-state index in [9.17, 15) is 14.1 Å². The fraction of sp³-hybridized carbons (Fsp3) is 0.500. The molecule has 128 valence electrons. The van der Waals surface area contributed by atoms with Crippen LogP contribution in [0.2, 0.25) is 0 Å². The topological polar surface area (TPSA) is 91.2 Å². The number of carbonyl (C=O) groups excluding carboxylic acids is 1. The highest BCUT2D eigenvalue weighted by Crippen LogP contribution is 2.30. The van der Waals surface area contributed by atoms with Gasteiger partial charge >= 0.3 is 5.16 Å². The van der Waals surface area contributed by atoms with E-state index in [4.69, 9.17) is 0 Å². The zero-order valence-electron chi connectivity index (χ0n) is 14.0. The van der Waals surface area contributed by atoms with Crippen molar-refractivity contribution in [3.8, 4) is 0 Å². The molecule has 0 N–H and O–H groups in total. The lowest BCUT2D eigenvalue weighted by Gasteiger charge is -2.19. The molecule has 3 rings (SSSR count). The molecule has 0 aliphatic heterocycles. The van der Waals surface area contributed by atoms with Gasteiger partial charge in [-0.3, -0.25) is 14.2 Å². The van der Waals surface area contributed by atoms with Crippen molar-refractivity contribution in [1.29, 1.82) is 0 Å². The molecule has 1 amide bonds. The number of carbonyl (C=O) groups is 1. The Bertz CT molecular complexity index is 841. The first-order chi connectivity index (χ1) is 11.4. The van der Waals surface area contributed by atoms with Crippen molar-refractivity contribution in [3.63, 3.8) is 0 Å². The maximum Gasteiger partial charge on any atom is 0.344 e. The number of hydrogen-bond acceptors (Lipinski definition) is 5. The molecular formula is C16H20N4O3S.